The summed E-state index contributed by atoms with van der Waals surface area (Å²) in [5.74, 6) is -0.0741. The molecular formula is C37H56O3. The number of unbranched alkanes of at least 4 members (excludes halogenated alkanes) is 8. The lowest BCUT2D eigenvalue weighted by molar-refractivity contribution is -0.147. The van der Waals surface area contributed by atoms with Crippen molar-refractivity contribution in [3.05, 3.63) is 83.6 Å². The van der Waals surface area contributed by atoms with Crippen LogP contribution in [0.15, 0.2) is 83.6 Å². The summed E-state index contributed by atoms with van der Waals surface area (Å²) in [6, 6.07) is 0. The summed E-state index contributed by atoms with van der Waals surface area (Å²) in [7, 11) is 0. The van der Waals surface area contributed by atoms with Gasteiger partial charge in [-0.2, -0.15) is 0 Å². The molecule has 0 bridgehead atoms. The Morgan fingerprint density at radius 3 is 2.25 bits per heavy atom. The molecule has 0 saturated carbocycles. The van der Waals surface area contributed by atoms with Crippen molar-refractivity contribution in [2.24, 2.45) is 5.41 Å². The van der Waals surface area contributed by atoms with E-state index in [1.807, 2.05) is 25.2 Å². The summed E-state index contributed by atoms with van der Waals surface area (Å²) in [5, 5.41) is 0. The second-order valence-corrected chi connectivity index (χ2v) is 11.7. The summed E-state index contributed by atoms with van der Waals surface area (Å²) >= 11 is 0. The van der Waals surface area contributed by atoms with Crippen LogP contribution < -0.4 is 0 Å². The highest BCUT2D eigenvalue weighted by atomic mass is 16.5. The van der Waals surface area contributed by atoms with Gasteiger partial charge in [0.25, 0.3) is 0 Å². The maximum absolute atomic E-state index is 12.5. The smallest absolute Gasteiger partial charge is 0.306 e. The standard InChI is InChI=1S/C37H56O3/c1-6-7-8-9-10-11-12-13-14-15-16-17-18-19-20-24-36(39)40-35-27-29-37(4,5)34(31-35)26-25-32(2)22-21-23-33(3)28-30-38/h10-11,13-14,21-23,25-26,28,30-31,35H,6-9,12,15-20,24,27,29H2,1-5H3. The van der Waals surface area contributed by atoms with Crippen molar-refractivity contribution in [1.82, 2.24) is 0 Å². The number of carbonyl (C=O) groups is 2. The highest BCUT2D eigenvalue weighted by Crippen LogP contribution is 2.38. The molecule has 1 rings (SSSR count). The van der Waals surface area contributed by atoms with Crippen molar-refractivity contribution in [1.29, 1.82) is 0 Å². The van der Waals surface area contributed by atoms with Crippen LogP contribution in [0.25, 0.3) is 0 Å². The lowest BCUT2D eigenvalue weighted by atomic mass is 9.74. The van der Waals surface area contributed by atoms with Crippen LogP contribution in [0.5, 0.6) is 0 Å². The molecule has 0 amide bonds. The highest BCUT2D eigenvalue weighted by molar-refractivity contribution is 5.69. The van der Waals surface area contributed by atoms with Gasteiger partial charge in [0.15, 0.2) is 0 Å². The largest absolute Gasteiger partial charge is 0.458 e. The first kappa shape index (κ1) is 35.3. The van der Waals surface area contributed by atoms with Crippen LogP contribution in [0.3, 0.4) is 0 Å². The van der Waals surface area contributed by atoms with Crippen LogP contribution in [0, 0.1) is 5.41 Å². The average molecular weight is 549 g/mol. The van der Waals surface area contributed by atoms with E-state index in [1.54, 1.807) is 6.08 Å². The molecule has 0 heterocycles. The molecule has 0 aliphatic heterocycles. The molecule has 1 atom stereocenters. The summed E-state index contributed by atoms with van der Waals surface area (Å²) in [5.41, 5.74) is 3.30. The predicted octanol–water partition coefficient (Wildman–Crippen LogP) is 10.7. The SMILES string of the molecule is CCCCCC=CCC=CCCCCCCCC(=O)OC1C=C(C=CC(C)=CC=CC(C)=CC=O)C(C)(C)CC1. The summed E-state index contributed by atoms with van der Waals surface area (Å²) in [6.45, 7) is 10.7. The van der Waals surface area contributed by atoms with Gasteiger partial charge in [0.1, 0.15) is 12.4 Å². The van der Waals surface area contributed by atoms with E-state index in [1.165, 1.54) is 50.5 Å². The molecule has 0 aromatic carbocycles. The van der Waals surface area contributed by atoms with Crippen LogP contribution in [-0.4, -0.2) is 18.4 Å². The second kappa shape index (κ2) is 22.1. The minimum Gasteiger partial charge on any atom is -0.458 e. The van der Waals surface area contributed by atoms with Gasteiger partial charge in [0, 0.05) is 6.42 Å². The van der Waals surface area contributed by atoms with Crippen LogP contribution in [0.1, 0.15) is 125 Å². The van der Waals surface area contributed by atoms with E-state index in [-0.39, 0.29) is 17.5 Å². The highest BCUT2D eigenvalue weighted by Gasteiger charge is 2.29. The molecule has 0 radical (unpaired) electrons. The summed E-state index contributed by atoms with van der Waals surface area (Å²) in [4.78, 5) is 23.0. The van der Waals surface area contributed by atoms with E-state index in [2.05, 4.69) is 70.2 Å². The van der Waals surface area contributed by atoms with Crippen molar-refractivity contribution in [2.75, 3.05) is 0 Å². The third-order valence-electron chi connectivity index (χ3n) is 7.39. The third-order valence-corrected chi connectivity index (χ3v) is 7.39. The maximum Gasteiger partial charge on any atom is 0.306 e. The molecule has 222 valence electrons. The van der Waals surface area contributed by atoms with E-state index < -0.39 is 0 Å². The zero-order chi connectivity index (χ0) is 29.5. The van der Waals surface area contributed by atoms with Gasteiger partial charge >= 0.3 is 5.97 Å². The van der Waals surface area contributed by atoms with Gasteiger partial charge in [-0.3, -0.25) is 9.59 Å². The van der Waals surface area contributed by atoms with Gasteiger partial charge in [-0.15, -0.1) is 0 Å². The van der Waals surface area contributed by atoms with Crippen molar-refractivity contribution < 1.29 is 14.3 Å². The first-order valence-electron chi connectivity index (χ1n) is 15.7. The minimum atomic E-state index is -0.140. The molecule has 1 aliphatic carbocycles. The van der Waals surface area contributed by atoms with Crippen molar-refractivity contribution in [3.63, 3.8) is 0 Å². The molecule has 40 heavy (non-hydrogen) atoms. The minimum absolute atomic E-state index is 0.0545. The fourth-order valence-electron chi connectivity index (χ4n) is 4.63. The first-order valence-corrected chi connectivity index (χ1v) is 15.7. The Balaban J connectivity index is 2.32. The molecule has 0 saturated heterocycles. The Labute approximate surface area is 245 Å². The van der Waals surface area contributed by atoms with E-state index in [4.69, 9.17) is 4.74 Å². The van der Waals surface area contributed by atoms with Gasteiger partial charge in [-0.25, -0.2) is 0 Å². The topological polar surface area (TPSA) is 43.4 Å². The lowest BCUT2D eigenvalue weighted by Crippen LogP contribution is -2.27. The summed E-state index contributed by atoms with van der Waals surface area (Å²) < 4.78 is 5.83. The predicted molar refractivity (Wildman–Crippen MR) is 172 cm³/mol. The quantitative estimate of drug-likeness (QED) is 0.0379. The molecule has 3 nitrogen and oxygen atoms in total. The number of carbonyl (C=O) groups excluding carboxylic acids is 2. The normalized spacial score (nSPS) is 18.3. The number of hydrogen-bond acceptors (Lipinski definition) is 3. The molecule has 0 N–H and O–H groups in total. The number of rotatable bonds is 20. The zero-order valence-electron chi connectivity index (χ0n) is 26.1. The van der Waals surface area contributed by atoms with E-state index in [9.17, 15) is 9.59 Å². The lowest BCUT2D eigenvalue weighted by Gasteiger charge is -2.33. The van der Waals surface area contributed by atoms with Crippen LogP contribution in [0.4, 0.5) is 0 Å². The van der Waals surface area contributed by atoms with Gasteiger partial charge in [-0.1, -0.05) is 113 Å². The van der Waals surface area contributed by atoms with E-state index in [0.29, 0.717) is 6.42 Å². The second-order valence-electron chi connectivity index (χ2n) is 11.7. The van der Waals surface area contributed by atoms with E-state index >= 15 is 0 Å². The number of ether oxygens (including phenoxy) is 1. The molecule has 0 fully saturated rings. The first-order chi connectivity index (χ1) is 19.3. The van der Waals surface area contributed by atoms with Crippen LogP contribution in [-0.2, 0) is 14.3 Å². The van der Waals surface area contributed by atoms with Crippen molar-refractivity contribution in [3.8, 4) is 0 Å². The molecule has 3 heteroatoms. The van der Waals surface area contributed by atoms with Crippen LogP contribution >= 0.6 is 0 Å². The van der Waals surface area contributed by atoms with Crippen molar-refractivity contribution >= 4 is 12.3 Å². The molecule has 0 spiro atoms. The Morgan fingerprint density at radius 1 is 0.900 bits per heavy atom. The number of esters is 1. The fourth-order valence-corrected chi connectivity index (χ4v) is 4.63. The maximum atomic E-state index is 12.5. The molecular weight excluding hydrogens is 492 g/mol. The van der Waals surface area contributed by atoms with Gasteiger partial charge in [0.05, 0.1) is 0 Å². The van der Waals surface area contributed by atoms with Gasteiger partial charge in [0.2, 0.25) is 0 Å². The Kier molecular flexibility index (Phi) is 19.5. The molecule has 1 unspecified atom stereocenters. The fraction of sp³-hybridized carbons (Fsp3) is 0.568. The number of hydrogen-bond donors (Lipinski definition) is 0. The van der Waals surface area contributed by atoms with Gasteiger partial charge in [-0.05, 0) is 93.9 Å². The number of aldehydes is 1. The van der Waals surface area contributed by atoms with E-state index in [0.717, 1.165) is 56.0 Å². The zero-order valence-corrected chi connectivity index (χ0v) is 26.1. The monoisotopic (exact) mass is 548 g/mol. The molecule has 0 aromatic rings. The molecule has 1 aliphatic rings. The van der Waals surface area contributed by atoms with Crippen molar-refractivity contribution in [2.45, 2.75) is 131 Å². The Morgan fingerprint density at radius 2 is 1.55 bits per heavy atom. The summed E-state index contributed by atoms with van der Waals surface area (Å²) in [6.07, 6.45) is 39.0. The third kappa shape index (κ3) is 17.8. The Bertz CT molecular complexity index is 936. The number of allylic oxidation sites excluding steroid dienone is 13. The van der Waals surface area contributed by atoms with Gasteiger partial charge < -0.3 is 4.74 Å². The van der Waals surface area contributed by atoms with Crippen LogP contribution in [0.2, 0.25) is 0 Å². The molecule has 0 aromatic heterocycles. The Hall–Kier alpha value is -2.68. The average Bonchev–Trinajstić information content (AvgIpc) is 2.91.